The monoisotopic (exact) mass is 531 g/mol. The van der Waals surface area contributed by atoms with Gasteiger partial charge in [0.15, 0.2) is 15.5 Å². The Bertz CT molecular complexity index is 1670. The number of sulfone groups is 1. The number of aryl methyl sites for hydroxylation is 1. The van der Waals surface area contributed by atoms with Crippen molar-refractivity contribution in [3.05, 3.63) is 87.7 Å². The number of aliphatic hydroxyl groups is 1. The molecule has 0 saturated carbocycles. The predicted octanol–water partition coefficient (Wildman–Crippen LogP) is 3.76. The summed E-state index contributed by atoms with van der Waals surface area (Å²) >= 11 is 0. The van der Waals surface area contributed by atoms with E-state index in [4.69, 9.17) is 0 Å². The van der Waals surface area contributed by atoms with Gasteiger partial charge in [0, 0.05) is 29.4 Å². The molecule has 0 bridgehead atoms. The normalized spacial score (nSPS) is 18.6. The molecule has 1 aliphatic heterocycles. The molecule has 1 aliphatic rings. The smallest absolute Gasteiger partial charge is 0.256 e. The van der Waals surface area contributed by atoms with Crippen LogP contribution in [0.4, 0.5) is 13.2 Å². The van der Waals surface area contributed by atoms with Crippen LogP contribution in [0.2, 0.25) is 0 Å². The molecule has 0 aliphatic carbocycles. The predicted molar refractivity (Wildman–Crippen MR) is 134 cm³/mol. The third-order valence-corrected chi connectivity index (χ3v) is 8.07. The molecule has 0 amide bonds. The Morgan fingerprint density at radius 2 is 1.73 bits per heavy atom. The van der Waals surface area contributed by atoms with E-state index < -0.39 is 50.6 Å². The second kappa shape index (κ2) is 9.71. The fourth-order valence-corrected chi connectivity index (χ4v) is 6.52. The lowest BCUT2D eigenvalue weighted by molar-refractivity contribution is 0.148. The Kier molecular flexibility index (Phi) is 6.95. The van der Waals surface area contributed by atoms with Crippen molar-refractivity contribution in [1.82, 2.24) is 14.5 Å². The van der Waals surface area contributed by atoms with E-state index in [1.165, 1.54) is 30.3 Å². The summed E-state index contributed by atoms with van der Waals surface area (Å²) < 4.78 is 68.2. The van der Waals surface area contributed by atoms with Gasteiger partial charge in [0.25, 0.3) is 5.56 Å². The van der Waals surface area contributed by atoms with Gasteiger partial charge in [-0.1, -0.05) is 13.5 Å². The zero-order valence-corrected chi connectivity index (χ0v) is 19.8. The molecule has 0 radical (unpaired) electrons. The van der Waals surface area contributed by atoms with Gasteiger partial charge in [-0.25, -0.2) is 31.6 Å². The molecule has 1 N–H and O–H groups in total. The van der Waals surface area contributed by atoms with Crippen molar-refractivity contribution in [2.45, 2.75) is 26.9 Å². The molecule has 2 aromatic carbocycles. The maximum Gasteiger partial charge on any atom is 0.256 e. The molecule has 4 aromatic rings. The third-order valence-electron chi connectivity index (χ3n) is 6.28. The maximum atomic E-state index is 14.8. The van der Waals surface area contributed by atoms with Crippen LogP contribution in [0.15, 0.2) is 53.3 Å². The molecule has 194 valence electrons. The number of fused-ring (bicyclic) bond motifs is 1. The molecule has 3 heterocycles. The van der Waals surface area contributed by atoms with Crippen LogP contribution in [0.1, 0.15) is 18.8 Å². The number of rotatable bonds is 4. The molecule has 7 nitrogen and oxygen atoms in total. The van der Waals surface area contributed by atoms with Gasteiger partial charge in [-0.3, -0.25) is 9.36 Å². The van der Waals surface area contributed by atoms with Gasteiger partial charge in [0.2, 0.25) is 0 Å². The molecular weight excluding hydrogens is 507 g/mol. The summed E-state index contributed by atoms with van der Waals surface area (Å²) in [5, 5.41) is 10.6. The minimum Gasteiger partial charge on any atom is -0.392 e. The number of pyridine rings is 1. The molecule has 1 saturated heterocycles. The van der Waals surface area contributed by atoms with E-state index in [2.05, 4.69) is 9.97 Å². The molecule has 1 fully saturated rings. The number of aromatic nitrogens is 3. The Balaban J connectivity index is 0.00000320. The SMILES string of the molecule is C.Cc1cc(F)ccc1-c1nc(C[C@@H]2CS(=O)(=O)C[C@H]2O)nc2c1ccc(=O)n2-c1c(F)cccc1F. The lowest BCUT2D eigenvalue weighted by Gasteiger charge is -2.17. The van der Waals surface area contributed by atoms with Crippen molar-refractivity contribution in [1.29, 1.82) is 0 Å². The molecule has 2 atom stereocenters. The average Bonchev–Trinajstić information content (AvgIpc) is 3.05. The van der Waals surface area contributed by atoms with Crippen molar-refractivity contribution in [2.75, 3.05) is 11.5 Å². The summed E-state index contributed by atoms with van der Waals surface area (Å²) in [5.74, 6) is -3.74. The molecule has 2 aromatic heterocycles. The molecular formula is C26H24F3N3O4S. The molecule has 11 heteroatoms. The Hall–Kier alpha value is -3.57. The topological polar surface area (TPSA) is 102 Å². The quantitative estimate of drug-likeness (QED) is 0.430. The second-order valence-electron chi connectivity index (χ2n) is 8.87. The summed E-state index contributed by atoms with van der Waals surface area (Å²) in [7, 11) is -3.45. The lowest BCUT2D eigenvalue weighted by atomic mass is 10.00. The van der Waals surface area contributed by atoms with Gasteiger partial charge >= 0.3 is 0 Å². The Morgan fingerprint density at radius 3 is 2.35 bits per heavy atom. The van der Waals surface area contributed by atoms with E-state index in [0.717, 1.165) is 22.8 Å². The van der Waals surface area contributed by atoms with Gasteiger partial charge < -0.3 is 5.11 Å². The first-order chi connectivity index (χ1) is 17.0. The highest BCUT2D eigenvalue weighted by Crippen LogP contribution is 2.31. The fraction of sp³-hybridized carbons (Fsp3) is 0.269. The number of para-hydroxylation sites is 1. The largest absolute Gasteiger partial charge is 0.392 e. The average molecular weight is 532 g/mol. The number of hydrogen-bond acceptors (Lipinski definition) is 6. The summed E-state index contributed by atoms with van der Waals surface area (Å²) in [6.07, 6.45) is -1.20. The van der Waals surface area contributed by atoms with Crippen molar-refractivity contribution in [3.8, 4) is 16.9 Å². The van der Waals surface area contributed by atoms with Gasteiger partial charge in [-0.05, 0) is 48.9 Å². The summed E-state index contributed by atoms with van der Waals surface area (Å²) in [5.41, 5.74) is -0.202. The lowest BCUT2D eigenvalue weighted by Crippen LogP contribution is -2.23. The number of nitrogens with zero attached hydrogens (tertiary/aromatic N) is 3. The number of aliphatic hydroxyl groups excluding tert-OH is 1. The van der Waals surface area contributed by atoms with Crippen LogP contribution in [-0.4, -0.2) is 45.7 Å². The van der Waals surface area contributed by atoms with E-state index in [0.29, 0.717) is 11.1 Å². The molecule has 0 unspecified atom stereocenters. The zero-order chi connectivity index (χ0) is 25.8. The van der Waals surface area contributed by atoms with Crippen LogP contribution in [0.25, 0.3) is 28.0 Å². The highest BCUT2D eigenvalue weighted by molar-refractivity contribution is 7.91. The fourth-order valence-electron chi connectivity index (χ4n) is 4.60. The van der Waals surface area contributed by atoms with Crippen molar-refractivity contribution < 1.29 is 26.7 Å². The van der Waals surface area contributed by atoms with Gasteiger partial charge in [-0.2, -0.15) is 0 Å². The van der Waals surface area contributed by atoms with Crippen LogP contribution in [0.3, 0.4) is 0 Å². The first kappa shape index (κ1) is 26.5. The third kappa shape index (κ3) is 4.88. The van der Waals surface area contributed by atoms with E-state index in [9.17, 15) is 31.5 Å². The minimum atomic E-state index is -3.45. The van der Waals surface area contributed by atoms with Gasteiger partial charge in [0.05, 0.1) is 23.3 Å². The Morgan fingerprint density at radius 1 is 1.03 bits per heavy atom. The van der Waals surface area contributed by atoms with Crippen molar-refractivity contribution in [2.24, 2.45) is 5.92 Å². The summed E-state index contributed by atoms with van der Waals surface area (Å²) in [4.78, 5) is 21.9. The van der Waals surface area contributed by atoms with E-state index in [1.807, 2.05) is 0 Å². The van der Waals surface area contributed by atoms with E-state index in [-0.39, 0.29) is 47.9 Å². The molecule has 37 heavy (non-hydrogen) atoms. The van der Waals surface area contributed by atoms with Crippen molar-refractivity contribution in [3.63, 3.8) is 0 Å². The summed E-state index contributed by atoms with van der Waals surface area (Å²) in [6.45, 7) is 1.66. The molecule has 5 rings (SSSR count). The number of halogens is 3. The first-order valence-corrected chi connectivity index (χ1v) is 12.9. The number of benzene rings is 2. The summed E-state index contributed by atoms with van der Waals surface area (Å²) in [6, 6.07) is 9.76. The van der Waals surface area contributed by atoms with Crippen LogP contribution in [0, 0.1) is 30.3 Å². The van der Waals surface area contributed by atoms with Crippen LogP contribution in [-0.2, 0) is 16.3 Å². The second-order valence-corrected chi connectivity index (χ2v) is 11.0. The Labute approximate surface area is 211 Å². The molecule has 0 spiro atoms. The maximum absolute atomic E-state index is 14.8. The highest BCUT2D eigenvalue weighted by atomic mass is 32.2. The zero-order valence-electron chi connectivity index (χ0n) is 19.0. The van der Waals surface area contributed by atoms with E-state index >= 15 is 0 Å². The van der Waals surface area contributed by atoms with Gasteiger partial charge in [-0.15, -0.1) is 0 Å². The van der Waals surface area contributed by atoms with Crippen molar-refractivity contribution >= 4 is 20.9 Å². The number of hydrogen-bond donors (Lipinski definition) is 1. The first-order valence-electron chi connectivity index (χ1n) is 11.1. The minimum absolute atomic E-state index is 0. The van der Waals surface area contributed by atoms with Crippen LogP contribution < -0.4 is 5.56 Å². The standard InChI is InChI=1S/C25H20F3N3O4S.CH4/c1-13-9-15(26)5-6-16(13)23-17-7-8-22(33)31(24-18(27)3-2-4-19(24)28)25(17)30-21(29-23)10-14-11-36(34,35)12-20(14)32;/h2-9,14,20,32H,10-12H2,1H3;1H4/t14-,20-;/m1./s1. The van der Waals surface area contributed by atoms with Crippen LogP contribution >= 0.6 is 0 Å². The van der Waals surface area contributed by atoms with Crippen LogP contribution in [0.5, 0.6) is 0 Å². The highest BCUT2D eigenvalue weighted by Gasteiger charge is 2.37. The van der Waals surface area contributed by atoms with E-state index in [1.54, 1.807) is 6.92 Å². The van der Waals surface area contributed by atoms with Gasteiger partial charge in [0.1, 0.15) is 29.0 Å².